The highest BCUT2D eigenvalue weighted by atomic mass is 79.9. The Morgan fingerprint density at radius 2 is 1.95 bits per heavy atom. The molecule has 1 heterocycles. The molecule has 2 aromatic rings. The number of hydrogen-bond donors (Lipinski definition) is 1. The molecule has 3 rings (SSSR count). The second kappa shape index (κ2) is 6.37. The zero-order chi connectivity index (χ0) is 15.0. The van der Waals surface area contributed by atoms with E-state index in [0.717, 1.165) is 32.4 Å². The molecule has 0 saturated heterocycles. The highest BCUT2D eigenvalue weighted by molar-refractivity contribution is 9.11. The van der Waals surface area contributed by atoms with Crippen molar-refractivity contribution in [3.63, 3.8) is 0 Å². The van der Waals surface area contributed by atoms with Crippen molar-refractivity contribution >= 4 is 60.7 Å². The van der Waals surface area contributed by atoms with Gasteiger partial charge in [0.2, 0.25) is 0 Å². The first-order chi connectivity index (χ1) is 10.0. The predicted molar refractivity (Wildman–Crippen MR) is 94.8 cm³/mol. The van der Waals surface area contributed by atoms with Crippen LogP contribution in [0.15, 0.2) is 39.3 Å². The number of halogens is 4. The zero-order valence-electron chi connectivity index (χ0n) is 10.8. The van der Waals surface area contributed by atoms with Crippen molar-refractivity contribution in [3.05, 3.63) is 54.9 Å². The Labute approximate surface area is 150 Å². The number of rotatable bonds is 2. The quantitative estimate of drug-likeness (QED) is 0.566. The van der Waals surface area contributed by atoms with Crippen LogP contribution in [0.5, 0.6) is 5.75 Å². The first kappa shape index (κ1) is 15.5. The van der Waals surface area contributed by atoms with E-state index < -0.39 is 0 Å². The number of anilines is 1. The average Bonchev–Trinajstić information content (AvgIpc) is 2.43. The Morgan fingerprint density at radius 3 is 2.76 bits per heavy atom. The minimum Gasteiger partial charge on any atom is -0.492 e. The van der Waals surface area contributed by atoms with Gasteiger partial charge in [0.05, 0.1) is 23.4 Å². The lowest BCUT2D eigenvalue weighted by atomic mass is 10.00. The Kier molecular flexibility index (Phi) is 4.69. The van der Waals surface area contributed by atoms with E-state index in [9.17, 15) is 0 Å². The van der Waals surface area contributed by atoms with Gasteiger partial charge in [0.25, 0.3) is 0 Å². The zero-order valence-corrected chi connectivity index (χ0v) is 15.5. The summed E-state index contributed by atoms with van der Waals surface area (Å²) in [6, 6.07) is 9.74. The summed E-state index contributed by atoms with van der Waals surface area (Å²) >= 11 is 19.4. The lowest BCUT2D eigenvalue weighted by molar-refractivity contribution is 0.274. The van der Waals surface area contributed by atoms with Crippen LogP contribution in [0.2, 0.25) is 10.0 Å². The van der Waals surface area contributed by atoms with Gasteiger partial charge in [0, 0.05) is 26.0 Å². The average molecular weight is 452 g/mol. The van der Waals surface area contributed by atoms with Crippen molar-refractivity contribution < 1.29 is 4.74 Å². The Hall–Kier alpha value is -0.420. The van der Waals surface area contributed by atoms with E-state index in [1.807, 2.05) is 24.3 Å². The molecule has 1 N–H and O–H groups in total. The lowest BCUT2D eigenvalue weighted by Gasteiger charge is -2.28. The van der Waals surface area contributed by atoms with E-state index in [4.69, 9.17) is 27.9 Å². The second-order valence-corrected chi connectivity index (χ2v) is 7.38. The van der Waals surface area contributed by atoms with Crippen molar-refractivity contribution in [1.29, 1.82) is 0 Å². The van der Waals surface area contributed by atoms with Gasteiger partial charge in [-0.25, -0.2) is 0 Å². The molecular formula is C15H11Br2Cl2NO. The third-order valence-electron chi connectivity index (χ3n) is 3.32. The predicted octanol–water partition coefficient (Wildman–Crippen LogP) is 6.45. The van der Waals surface area contributed by atoms with Crippen molar-refractivity contribution in [2.75, 3.05) is 11.9 Å². The number of nitrogens with one attached hydrogen (secondary N) is 1. The molecule has 0 bridgehead atoms. The SMILES string of the molecule is Clc1cc(Cl)c2c(c1)C(Nc1cc(Br)ccc1Br)CCO2. The van der Waals surface area contributed by atoms with Crippen LogP contribution in [0.25, 0.3) is 0 Å². The third kappa shape index (κ3) is 3.34. The van der Waals surface area contributed by atoms with Crippen LogP contribution in [0, 0.1) is 0 Å². The van der Waals surface area contributed by atoms with Gasteiger partial charge in [-0.05, 0) is 46.3 Å². The molecule has 2 nitrogen and oxygen atoms in total. The van der Waals surface area contributed by atoms with Crippen molar-refractivity contribution in [1.82, 2.24) is 0 Å². The fraction of sp³-hybridized carbons (Fsp3) is 0.200. The minimum absolute atomic E-state index is 0.107. The Bertz CT molecular complexity index is 694. The molecule has 0 amide bonds. The van der Waals surface area contributed by atoms with Crippen LogP contribution in [0.4, 0.5) is 5.69 Å². The molecule has 1 aliphatic heterocycles. The molecule has 0 saturated carbocycles. The number of hydrogen-bond acceptors (Lipinski definition) is 2. The standard InChI is InChI=1S/C15H11Br2Cl2NO/c16-8-1-2-11(17)14(5-8)20-13-3-4-21-15-10(13)6-9(18)7-12(15)19/h1-2,5-7,13,20H,3-4H2. The van der Waals surface area contributed by atoms with Gasteiger partial charge in [-0.3, -0.25) is 0 Å². The Morgan fingerprint density at radius 1 is 1.14 bits per heavy atom. The molecule has 6 heteroatoms. The van der Waals surface area contributed by atoms with E-state index in [2.05, 4.69) is 37.2 Å². The van der Waals surface area contributed by atoms with Gasteiger partial charge < -0.3 is 10.1 Å². The molecular weight excluding hydrogens is 441 g/mol. The molecule has 21 heavy (non-hydrogen) atoms. The maximum Gasteiger partial charge on any atom is 0.143 e. The molecule has 1 unspecified atom stereocenters. The maximum absolute atomic E-state index is 6.22. The summed E-state index contributed by atoms with van der Waals surface area (Å²) in [6.45, 7) is 0.623. The van der Waals surface area contributed by atoms with E-state index in [1.54, 1.807) is 6.07 Å². The summed E-state index contributed by atoms with van der Waals surface area (Å²) in [7, 11) is 0. The van der Waals surface area contributed by atoms with Crippen LogP contribution < -0.4 is 10.1 Å². The molecule has 0 fully saturated rings. The number of benzene rings is 2. The summed E-state index contributed by atoms with van der Waals surface area (Å²) in [5, 5.41) is 4.69. The normalized spacial score (nSPS) is 17.0. The molecule has 1 aliphatic rings. The molecule has 0 spiro atoms. The topological polar surface area (TPSA) is 21.3 Å². The summed E-state index contributed by atoms with van der Waals surface area (Å²) < 4.78 is 7.70. The van der Waals surface area contributed by atoms with Crippen molar-refractivity contribution in [2.24, 2.45) is 0 Å². The van der Waals surface area contributed by atoms with Crippen LogP contribution in [-0.4, -0.2) is 6.61 Å². The summed E-state index contributed by atoms with van der Waals surface area (Å²) in [6.07, 6.45) is 0.850. The van der Waals surface area contributed by atoms with Crippen LogP contribution >= 0.6 is 55.1 Å². The van der Waals surface area contributed by atoms with Gasteiger partial charge in [0.1, 0.15) is 5.75 Å². The lowest BCUT2D eigenvalue weighted by Crippen LogP contribution is -2.20. The summed E-state index contributed by atoms with van der Waals surface area (Å²) in [5.74, 6) is 0.718. The highest BCUT2D eigenvalue weighted by Gasteiger charge is 2.24. The van der Waals surface area contributed by atoms with E-state index in [0.29, 0.717) is 16.7 Å². The van der Waals surface area contributed by atoms with Gasteiger partial charge in [-0.15, -0.1) is 0 Å². The Balaban J connectivity index is 1.97. The van der Waals surface area contributed by atoms with E-state index in [-0.39, 0.29) is 6.04 Å². The van der Waals surface area contributed by atoms with Gasteiger partial charge in [-0.2, -0.15) is 0 Å². The van der Waals surface area contributed by atoms with Crippen LogP contribution in [-0.2, 0) is 0 Å². The molecule has 110 valence electrons. The highest BCUT2D eigenvalue weighted by Crippen LogP contribution is 2.42. The largest absolute Gasteiger partial charge is 0.492 e. The third-order valence-corrected chi connectivity index (χ3v) is 5.01. The fourth-order valence-corrected chi connectivity index (χ4v) is 3.66. The summed E-state index contributed by atoms with van der Waals surface area (Å²) in [4.78, 5) is 0. The number of fused-ring (bicyclic) bond motifs is 1. The molecule has 0 aromatic heterocycles. The van der Waals surface area contributed by atoms with Crippen LogP contribution in [0.3, 0.4) is 0 Å². The first-order valence-corrected chi connectivity index (χ1v) is 8.72. The smallest absolute Gasteiger partial charge is 0.143 e. The molecule has 0 radical (unpaired) electrons. The summed E-state index contributed by atoms with van der Waals surface area (Å²) in [5.41, 5.74) is 2.00. The maximum atomic E-state index is 6.22. The second-order valence-electron chi connectivity index (χ2n) is 4.76. The first-order valence-electron chi connectivity index (χ1n) is 6.38. The van der Waals surface area contributed by atoms with Gasteiger partial charge in [-0.1, -0.05) is 39.1 Å². The molecule has 0 aliphatic carbocycles. The van der Waals surface area contributed by atoms with Crippen LogP contribution in [0.1, 0.15) is 18.0 Å². The number of ether oxygens (including phenoxy) is 1. The van der Waals surface area contributed by atoms with Crippen molar-refractivity contribution in [2.45, 2.75) is 12.5 Å². The fourth-order valence-electron chi connectivity index (χ4n) is 2.37. The van der Waals surface area contributed by atoms with Gasteiger partial charge in [0.15, 0.2) is 0 Å². The van der Waals surface area contributed by atoms with E-state index >= 15 is 0 Å². The van der Waals surface area contributed by atoms with Crippen molar-refractivity contribution in [3.8, 4) is 5.75 Å². The molecule has 2 aromatic carbocycles. The van der Waals surface area contributed by atoms with E-state index in [1.165, 1.54) is 0 Å². The monoisotopic (exact) mass is 449 g/mol. The van der Waals surface area contributed by atoms with Gasteiger partial charge >= 0.3 is 0 Å². The minimum atomic E-state index is 0.107. The molecule has 1 atom stereocenters.